The second kappa shape index (κ2) is 3.78. The molecule has 1 atom stereocenters. The first kappa shape index (κ1) is 10.0. The molecule has 0 radical (unpaired) electrons. The summed E-state index contributed by atoms with van der Waals surface area (Å²) in [5, 5.41) is 10.2. The second-order valence-corrected chi connectivity index (χ2v) is 3.76. The number of aliphatic imine (C=N–C) groups is 1. The van der Waals surface area contributed by atoms with Crippen LogP contribution >= 0.6 is 11.8 Å². The lowest BCUT2D eigenvalue weighted by Gasteiger charge is -2.08. The number of amides is 1. The van der Waals surface area contributed by atoms with E-state index in [-0.39, 0.29) is 12.3 Å². The Kier molecular flexibility index (Phi) is 2.92. The van der Waals surface area contributed by atoms with Crippen LogP contribution in [0.5, 0.6) is 0 Å². The molecule has 0 unspecified atom stereocenters. The number of aliphatic carboxylic acids is 1. The molecule has 1 rings (SSSR count). The van der Waals surface area contributed by atoms with Gasteiger partial charge in [-0.1, -0.05) is 11.8 Å². The highest BCUT2D eigenvalue weighted by atomic mass is 32.2. The highest BCUT2D eigenvalue weighted by molar-refractivity contribution is 8.15. The largest absolute Gasteiger partial charge is 0.550 e. The molecule has 1 amide bonds. The molecule has 1 aliphatic heterocycles. The fourth-order valence-electron chi connectivity index (χ4n) is 1.05. The number of carbonyl (C=O) groups is 2. The molecule has 6 heteroatoms. The van der Waals surface area contributed by atoms with Crippen LogP contribution in [0, 0.1) is 0 Å². The molecule has 5 nitrogen and oxygen atoms in total. The van der Waals surface area contributed by atoms with Gasteiger partial charge >= 0.3 is 0 Å². The minimum Gasteiger partial charge on any atom is -0.550 e. The van der Waals surface area contributed by atoms with Gasteiger partial charge in [0.05, 0.1) is 5.25 Å². The van der Waals surface area contributed by atoms with Crippen molar-refractivity contribution in [1.29, 1.82) is 0 Å². The van der Waals surface area contributed by atoms with E-state index in [1.165, 1.54) is 4.90 Å². The van der Waals surface area contributed by atoms with Crippen molar-refractivity contribution in [2.75, 3.05) is 14.1 Å². The van der Waals surface area contributed by atoms with E-state index < -0.39 is 11.2 Å². The summed E-state index contributed by atoms with van der Waals surface area (Å²) in [5.41, 5.74) is 0. The SMILES string of the molecule is CN=C1S[C@H](CC(=O)[O-])C(=O)N1C. The zero-order valence-electron chi connectivity index (χ0n) is 7.31. The quantitative estimate of drug-likeness (QED) is 0.556. The van der Waals surface area contributed by atoms with Crippen molar-refractivity contribution >= 4 is 28.8 Å². The molecular weight excluding hydrogens is 192 g/mol. The molecule has 1 saturated heterocycles. The van der Waals surface area contributed by atoms with E-state index in [9.17, 15) is 14.7 Å². The van der Waals surface area contributed by atoms with Crippen molar-refractivity contribution in [2.45, 2.75) is 11.7 Å². The van der Waals surface area contributed by atoms with Crippen LogP contribution in [0.4, 0.5) is 0 Å². The summed E-state index contributed by atoms with van der Waals surface area (Å²) >= 11 is 1.16. The Morgan fingerprint density at radius 2 is 2.38 bits per heavy atom. The average molecular weight is 201 g/mol. The number of rotatable bonds is 2. The highest BCUT2D eigenvalue weighted by Gasteiger charge is 2.34. The third-order valence-corrected chi connectivity index (χ3v) is 3.00. The van der Waals surface area contributed by atoms with Crippen LogP contribution in [0.25, 0.3) is 0 Å². The number of carbonyl (C=O) groups excluding carboxylic acids is 2. The molecule has 0 saturated carbocycles. The number of carboxylic acids is 1. The van der Waals surface area contributed by atoms with Gasteiger partial charge in [0.2, 0.25) is 5.91 Å². The maximum absolute atomic E-state index is 11.3. The van der Waals surface area contributed by atoms with Gasteiger partial charge in [0.25, 0.3) is 0 Å². The van der Waals surface area contributed by atoms with Gasteiger partial charge in [-0.25, -0.2) is 0 Å². The topological polar surface area (TPSA) is 72.8 Å². The van der Waals surface area contributed by atoms with Gasteiger partial charge in [0.1, 0.15) is 0 Å². The number of thioether (sulfide) groups is 1. The van der Waals surface area contributed by atoms with Crippen LogP contribution in [0.2, 0.25) is 0 Å². The van der Waals surface area contributed by atoms with E-state index in [1.807, 2.05) is 0 Å². The lowest BCUT2D eigenvalue weighted by molar-refractivity contribution is -0.305. The minimum absolute atomic E-state index is 0.227. The van der Waals surface area contributed by atoms with E-state index >= 15 is 0 Å². The van der Waals surface area contributed by atoms with E-state index in [0.717, 1.165) is 11.8 Å². The van der Waals surface area contributed by atoms with Crippen molar-refractivity contribution < 1.29 is 14.7 Å². The van der Waals surface area contributed by atoms with Crippen LogP contribution in [0.15, 0.2) is 4.99 Å². The maximum Gasteiger partial charge on any atom is 0.242 e. The number of carboxylic acid groups (broad SMARTS) is 1. The van der Waals surface area contributed by atoms with Crippen LogP contribution < -0.4 is 5.11 Å². The van der Waals surface area contributed by atoms with Crippen LogP contribution in [-0.4, -0.2) is 41.3 Å². The van der Waals surface area contributed by atoms with Gasteiger partial charge < -0.3 is 9.90 Å². The summed E-state index contributed by atoms with van der Waals surface area (Å²) in [5.74, 6) is -1.44. The van der Waals surface area contributed by atoms with E-state index in [4.69, 9.17) is 0 Å². The fourth-order valence-corrected chi connectivity index (χ4v) is 2.14. The predicted molar refractivity (Wildman–Crippen MR) is 47.1 cm³/mol. The van der Waals surface area contributed by atoms with Crippen molar-refractivity contribution in [2.24, 2.45) is 4.99 Å². The Hall–Kier alpha value is -1.04. The summed E-state index contributed by atoms with van der Waals surface area (Å²) in [6.45, 7) is 0. The monoisotopic (exact) mass is 201 g/mol. The van der Waals surface area contributed by atoms with Gasteiger partial charge in [-0.05, 0) is 0 Å². The van der Waals surface area contributed by atoms with Gasteiger partial charge in [-0.3, -0.25) is 14.7 Å². The first-order chi connectivity index (χ1) is 6.06. The Labute approximate surface area is 79.8 Å². The number of hydrogen-bond acceptors (Lipinski definition) is 5. The molecule has 0 spiro atoms. The average Bonchev–Trinajstić information content (AvgIpc) is 2.32. The Morgan fingerprint density at radius 1 is 1.77 bits per heavy atom. The molecule has 1 aliphatic rings. The maximum atomic E-state index is 11.3. The summed E-state index contributed by atoms with van der Waals surface area (Å²) in [7, 11) is 3.14. The zero-order valence-corrected chi connectivity index (χ0v) is 8.13. The van der Waals surface area contributed by atoms with Gasteiger partial charge in [0.15, 0.2) is 5.17 Å². The van der Waals surface area contributed by atoms with Crippen molar-refractivity contribution in [3.05, 3.63) is 0 Å². The smallest absolute Gasteiger partial charge is 0.242 e. The van der Waals surface area contributed by atoms with Gasteiger partial charge in [-0.2, -0.15) is 0 Å². The lowest BCUT2D eigenvalue weighted by atomic mass is 10.3. The van der Waals surface area contributed by atoms with Crippen molar-refractivity contribution in [3.63, 3.8) is 0 Å². The number of amidine groups is 1. The molecular formula is C7H9N2O3S-. The van der Waals surface area contributed by atoms with Crippen molar-refractivity contribution in [1.82, 2.24) is 4.90 Å². The second-order valence-electron chi connectivity index (χ2n) is 2.59. The molecule has 1 fully saturated rings. The third-order valence-electron chi connectivity index (χ3n) is 1.68. The summed E-state index contributed by atoms with van der Waals surface area (Å²) in [6, 6.07) is 0. The predicted octanol–water partition coefficient (Wildman–Crippen LogP) is -1.31. The highest BCUT2D eigenvalue weighted by Crippen LogP contribution is 2.27. The summed E-state index contributed by atoms with van der Waals surface area (Å²) in [6.07, 6.45) is -0.257. The normalized spacial score (nSPS) is 25.7. The molecule has 13 heavy (non-hydrogen) atoms. The molecule has 0 aliphatic carbocycles. The first-order valence-corrected chi connectivity index (χ1v) is 4.55. The molecule has 0 bridgehead atoms. The van der Waals surface area contributed by atoms with E-state index in [0.29, 0.717) is 5.17 Å². The molecule has 1 heterocycles. The van der Waals surface area contributed by atoms with Crippen LogP contribution in [-0.2, 0) is 9.59 Å². The van der Waals surface area contributed by atoms with Crippen LogP contribution in [0.3, 0.4) is 0 Å². The van der Waals surface area contributed by atoms with Gasteiger partial charge in [-0.15, -0.1) is 0 Å². The summed E-state index contributed by atoms with van der Waals surface area (Å²) < 4.78 is 0. The number of nitrogens with zero attached hydrogens (tertiary/aromatic N) is 2. The molecule has 0 N–H and O–H groups in total. The first-order valence-electron chi connectivity index (χ1n) is 3.67. The standard InChI is InChI=1S/C7H10N2O3S/c1-8-7-9(2)6(12)4(13-7)3-5(10)11/h4H,3H2,1-2H3,(H,10,11)/p-1/t4-/m1/s1. The third kappa shape index (κ3) is 2.00. The molecule has 72 valence electrons. The molecule has 0 aromatic heterocycles. The Morgan fingerprint density at radius 3 is 2.77 bits per heavy atom. The Balaban J connectivity index is 2.72. The number of hydrogen-bond donors (Lipinski definition) is 0. The van der Waals surface area contributed by atoms with E-state index in [2.05, 4.69) is 4.99 Å². The molecule has 0 aromatic rings. The minimum atomic E-state index is -1.21. The Bertz CT molecular complexity index is 277. The lowest BCUT2D eigenvalue weighted by Crippen LogP contribution is -2.32. The molecule has 0 aromatic carbocycles. The fraction of sp³-hybridized carbons (Fsp3) is 0.571. The van der Waals surface area contributed by atoms with Crippen LogP contribution in [0.1, 0.15) is 6.42 Å². The van der Waals surface area contributed by atoms with E-state index in [1.54, 1.807) is 14.1 Å². The zero-order chi connectivity index (χ0) is 10.0. The van der Waals surface area contributed by atoms with Gasteiger partial charge in [0, 0.05) is 26.5 Å². The van der Waals surface area contributed by atoms with Crippen molar-refractivity contribution in [3.8, 4) is 0 Å². The summed E-state index contributed by atoms with van der Waals surface area (Å²) in [4.78, 5) is 26.8.